The van der Waals surface area contributed by atoms with E-state index in [2.05, 4.69) is 60.1 Å². The third kappa shape index (κ3) is 4.93. The molecule has 1 saturated heterocycles. The van der Waals surface area contributed by atoms with Gasteiger partial charge in [-0.25, -0.2) is 0 Å². The van der Waals surface area contributed by atoms with E-state index < -0.39 is 0 Å². The van der Waals surface area contributed by atoms with Crippen LogP contribution >= 0.6 is 0 Å². The number of rotatable bonds is 8. The lowest BCUT2D eigenvalue weighted by Crippen LogP contribution is -2.52. The van der Waals surface area contributed by atoms with Crippen LogP contribution in [0.5, 0.6) is 5.75 Å². The highest BCUT2D eigenvalue weighted by Crippen LogP contribution is 2.23. The summed E-state index contributed by atoms with van der Waals surface area (Å²) >= 11 is 0. The summed E-state index contributed by atoms with van der Waals surface area (Å²) in [5.41, 5.74) is 4.90. The number of nitrogens with zero attached hydrogens (tertiary/aromatic N) is 4. The molecule has 2 heterocycles. The highest BCUT2D eigenvalue weighted by Gasteiger charge is 2.27. The number of aryl methyl sites for hydroxylation is 3. The Kier molecular flexibility index (Phi) is 7.10. The summed E-state index contributed by atoms with van der Waals surface area (Å²) in [6.07, 6.45) is 2.97. The fraction of sp³-hybridized carbons (Fsp3) is 0.591. The molecule has 1 aliphatic heterocycles. The largest absolute Gasteiger partial charge is 0.496 e. The Bertz CT molecular complexity index is 774. The molecular weight excluding hydrogens is 352 g/mol. The van der Waals surface area contributed by atoms with E-state index in [0.29, 0.717) is 6.04 Å². The topological polar surface area (TPSA) is 53.8 Å². The van der Waals surface area contributed by atoms with Crippen LogP contribution in [0.4, 0.5) is 0 Å². The fourth-order valence-electron chi connectivity index (χ4n) is 4.12. The molecule has 0 saturated carbocycles. The summed E-state index contributed by atoms with van der Waals surface area (Å²) in [5, 5.41) is 14.2. The van der Waals surface area contributed by atoms with E-state index in [4.69, 9.17) is 4.74 Å². The first-order chi connectivity index (χ1) is 13.5. The molecule has 2 aromatic rings. The van der Waals surface area contributed by atoms with E-state index >= 15 is 0 Å². The van der Waals surface area contributed by atoms with Gasteiger partial charge in [-0.05, 0) is 44.4 Å². The summed E-state index contributed by atoms with van der Waals surface area (Å²) in [7, 11) is 1.71. The number of aliphatic hydroxyl groups excluding tert-OH is 1. The first kappa shape index (κ1) is 20.8. The lowest BCUT2D eigenvalue weighted by atomic mass is 10.0. The highest BCUT2D eigenvalue weighted by molar-refractivity contribution is 5.36. The predicted octanol–water partition coefficient (Wildman–Crippen LogP) is 2.60. The minimum atomic E-state index is 0.226. The van der Waals surface area contributed by atoms with Crippen molar-refractivity contribution in [1.29, 1.82) is 0 Å². The number of aromatic nitrogens is 2. The van der Waals surface area contributed by atoms with Gasteiger partial charge in [-0.15, -0.1) is 0 Å². The molecule has 3 rings (SSSR count). The zero-order valence-electron chi connectivity index (χ0n) is 17.7. The average molecular weight is 387 g/mol. The second-order valence-corrected chi connectivity index (χ2v) is 7.77. The van der Waals surface area contributed by atoms with Crippen LogP contribution in [0.25, 0.3) is 0 Å². The van der Waals surface area contributed by atoms with Crippen molar-refractivity contribution in [2.24, 2.45) is 0 Å². The SMILES string of the molecule is CCn1cc(CN2CCN(Cc3ccc(OC)c(C)c3)[C@@H](CCO)C2)c(C)n1. The predicted molar refractivity (Wildman–Crippen MR) is 112 cm³/mol. The Labute approximate surface area is 168 Å². The Balaban J connectivity index is 1.65. The summed E-state index contributed by atoms with van der Waals surface area (Å²) in [5.74, 6) is 0.934. The number of hydrogen-bond acceptors (Lipinski definition) is 5. The number of ether oxygens (including phenoxy) is 1. The van der Waals surface area contributed by atoms with Gasteiger partial charge in [0.1, 0.15) is 5.75 Å². The van der Waals surface area contributed by atoms with Gasteiger partial charge in [0.05, 0.1) is 12.8 Å². The van der Waals surface area contributed by atoms with Crippen LogP contribution in [0.2, 0.25) is 0 Å². The Morgan fingerprint density at radius 3 is 2.68 bits per heavy atom. The quantitative estimate of drug-likeness (QED) is 0.756. The molecule has 1 aromatic carbocycles. The second-order valence-electron chi connectivity index (χ2n) is 7.77. The number of benzene rings is 1. The van der Waals surface area contributed by atoms with Crippen LogP contribution in [0.3, 0.4) is 0 Å². The molecular formula is C22H34N4O2. The molecule has 1 fully saturated rings. The lowest BCUT2D eigenvalue weighted by Gasteiger charge is -2.41. The van der Waals surface area contributed by atoms with Gasteiger partial charge in [0.15, 0.2) is 0 Å². The van der Waals surface area contributed by atoms with Crippen molar-refractivity contribution in [1.82, 2.24) is 19.6 Å². The third-order valence-electron chi connectivity index (χ3n) is 5.76. The molecule has 1 aromatic heterocycles. The molecule has 0 aliphatic carbocycles. The molecule has 1 aliphatic rings. The average Bonchev–Trinajstić information content (AvgIpc) is 3.04. The molecule has 1 atom stereocenters. The van der Waals surface area contributed by atoms with Gasteiger partial charge in [-0.2, -0.15) is 5.10 Å². The summed E-state index contributed by atoms with van der Waals surface area (Å²) < 4.78 is 7.39. The maximum absolute atomic E-state index is 9.60. The molecule has 0 bridgehead atoms. The first-order valence-electron chi connectivity index (χ1n) is 10.3. The second kappa shape index (κ2) is 9.54. The van der Waals surface area contributed by atoms with E-state index in [9.17, 15) is 5.11 Å². The van der Waals surface area contributed by atoms with E-state index in [-0.39, 0.29) is 6.61 Å². The van der Waals surface area contributed by atoms with Crippen LogP contribution < -0.4 is 4.74 Å². The molecule has 1 N–H and O–H groups in total. The molecule has 0 amide bonds. The highest BCUT2D eigenvalue weighted by atomic mass is 16.5. The standard InChI is InChI=1S/C22H34N4O2/c1-5-26-15-20(18(3)23-26)14-24-9-10-25(21(16-24)8-11-27)13-19-6-7-22(28-4)17(2)12-19/h6-7,12,15,21,27H,5,8-11,13-14,16H2,1-4H3/t21-/m0/s1. The zero-order chi connectivity index (χ0) is 20.1. The van der Waals surface area contributed by atoms with E-state index in [1.807, 2.05) is 4.68 Å². The van der Waals surface area contributed by atoms with Gasteiger partial charge in [-0.1, -0.05) is 12.1 Å². The summed E-state index contributed by atoms with van der Waals surface area (Å²) in [6, 6.07) is 6.78. The van der Waals surface area contributed by atoms with Crippen molar-refractivity contribution < 1.29 is 9.84 Å². The number of aliphatic hydroxyl groups is 1. The van der Waals surface area contributed by atoms with Crippen LogP contribution in [0, 0.1) is 13.8 Å². The third-order valence-corrected chi connectivity index (χ3v) is 5.76. The molecule has 6 heteroatoms. The number of hydrogen-bond donors (Lipinski definition) is 1. The first-order valence-corrected chi connectivity index (χ1v) is 10.3. The van der Waals surface area contributed by atoms with Gasteiger partial charge in [0, 0.05) is 63.7 Å². The molecule has 0 unspecified atom stereocenters. The van der Waals surface area contributed by atoms with Crippen molar-refractivity contribution in [3.63, 3.8) is 0 Å². The van der Waals surface area contributed by atoms with E-state index in [1.165, 1.54) is 16.7 Å². The van der Waals surface area contributed by atoms with Crippen molar-refractivity contribution in [2.75, 3.05) is 33.4 Å². The van der Waals surface area contributed by atoms with E-state index in [1.54, 1.807) is 7.11 Å². The monoisotopic (exact) mass is 386 g/mol. The normalized spacial score (nSPS) is 18.5. The summed E-state index contributed by atoms with van der Waals surface area (Å²) in [6.45, 7) is 12.3. The Morgan fingerprint density at radius 2 is 2.04 bits per heavy atom. The van der Waals surface area contributed by atoms with Gasteiger partial charge < -0.3 is 9.84 Å². The van der Waals surface area contributed by atoms with Gasteiger partial charge >= 0.3 is 0 Å². The van der Waals surface area contributed by atoms with Crippen molar-refractivity contribution in [3.05, 3.63) is 46.8 Å². The molecule has 154 valence electrons. The number of methoxy groups -OCH3 is 1. The smallest absolute Gasteiger partial charge is 0.121 e. The molecule has 6 nitrogen and oxygen atoms in total. The summed E-state index contributed by atoms with van der Waals surface area (Å²) in [4.78, 5) is 5.01. The van der Waals surface area contributed by atoms with Crippen LogP contribution in [0.1, 0.15) is 35.7 Å². The van der Waals surface area contributed by atoms with Crippen LogP contribution in [0.15, 0.2) is 24.4 Å². The number of piperazine rings is 1. The lowest BCUT2D eigenvalue weighted by molar-refractivity contribution is 0.0498. The van der Waals surface area contributed by atoms with Crippen LogP contribution in [-0.2, 0) is 19.6 Å². The van der Waals surface area contributed by atoms with Crippen molar-refractivity contribution >= 4 is 0 Å². The Hall–Kier alpha value is -1.89. The zero-order valence-corrected chi connectivity index (χ0v) is 17.7. The maximum atomic E-state index is 9.60. The minimum absolute atomic E-state index is 0.226. The van der Waals surface area contributed by atoms with Crippen LogP contribution in [-0.4, -0.2) is 64.1 Å². The Morgan fingerprint density at radius 1 is 1.21 bits per heavy atom. The van der Waals surface area contributed by atoms with E-state index in [0.717, 1.165) is 57.1 Å². The minimum Gasteiger partial charge on any atom is -0.496 e. The van der Waals surface area contributed by atoms with Crippen molar-refractivity contribution in [2.45, 2.75) is 52.9 Å². The van der Waals surface area contributed by atoms with Crippen molar-refractivity contribution in [3.8, 4) is 5.75 Å². The molecule has 28 heavy (non-hydrogen) atoms. The van der Waals surface area contributed by atoms with Gasteiger partial charge in [-0.3, -0.25) is 14.5 Å². The van der Waals surface area contributed by atoms with Gasteiger partial charge in [0.25, 0.3) is 0 Å². The fourth-order valence-corrected chi connectivity index (χ4v) is 4.12. The van der Waals surface area contributed by atoms with Gasteiger partial charge in [0.2, 0.25) is 0 Å². The maximum Gasteiger partial charge on any atom is 0.121 e. The molecule has 0 spiro atoms. The molecule has 0 radical (unpaired) electrons.